The molecule has 0 amide bonds. The van der Waals surface area contributed by atoms with E-state index in [2.05, 4.69) is 39.0 Å². The maximum absolute atomic E-state index is 13.9. The van der Waals surface area contributed by atoms with E-state index in [1.54, 1.807) is 0 Å². The SMILES string of the molecule is Nc1ncnc2c1ncn2CC=CC(F)(F)O[P+](=O)OC(F)(F)C=CCn1cnc2c(N)ncnc21. The van der Waals surface area contributed by atoms with E-state index in [1.165, 1.54) is 34.4 Å². The number of imidazole rings is 2. The van der Waals surface area contributed by atoms with Gasteiger partial charge < -0.3 is 20.6 Å². The highest BCUT2D eigenvalue weighted by Gasteiger charge is 2.47. The van der Waals surface area contributed by atoms with Crippen molar-refractivity contribution < 1.29 is 31.2 Å². The van der Waals surface area contributed by atoms with Gasteiger partial charge in [0, 0.05) is 29.8 Å². The molecule has 0 aromatic carbocycles. The van der Waals surface area contributed by atoms with Crippen LogP contribution in [0.25, 0.3) is 22.3 Å². The minimum absolute atomic E-state index is 0.109. The number of aromatic nitrogens is 8. The summed E-state index contributed by atoms with van der Waals surface area (Å²) in [7, 11) is -3.91. The fraction of sp³-hybridized carbons (Fsp3) is 0.222. The number of alkyl halides is 4. The Balaban J connectivity index is 1.31. The lowest BCUT2D eigenvalue weighted by Gasteiger charge is -2.06. The van der Waals surface area contributed by atoms with Crippen molar-refractivity contribution >= 4 is 42.2 Å². The second-order valence-electron chi connectivity index (χ2n) is 6.99. The molecule has 0 aliphatic heterocycles. The predicted octanol–water partition coefficient (Wildman–Crippen LogP) is 2.82. The molecule has 0 atom stereocenters. The second-order valence-corrected chi connectivity index (χ2v) is 7.80. The largest absolute Gasteiger partial charge is 0.710 e. The Bertz CT molecular complexity index is 1360. The molecular weight excluding hydrogens is 511 g/mol. The van der Waals surface area contributed by atoms with E-state index >= 15 is 0 Å². The molecule has 188 valence electrons. The molecule has 4 N–H and O–H groups in total. The zero-order chi connectivity index (χ0) is 25.9. The van der Waals surface area contributed by atoms with Gasteiger partial charge in [-0.15, -0.1) is 0 Å². The zero-order valence-electron chi connectivity index (χ0n) is 17.9. The fourth-order valence-corrected chi connectivity index (χ4v) is 3.51. The summed E-state index contributed by atoms with van der Waals surface area (Å²) in [5.74, 6) is 0.218. The topological polar surface area (TPSA) is 175 Å². The summed E-state index contributed by atoms with van der Waals surface area (Å²) in [4.78, 5) is 23.3. The monoisotopic (exact) mass is 527 g/mol. The molecule has 0 aliphatic rings. The van der Waals surface area contributed by atoms with Crippen LogP contribution in [0.1, 0.15) is 0 Å². The van der Waals surface area contributed by atoms with Crippen LogP contribution in [0.4, 0.5) is 29.2 Å². The maximum atomic E-state index is 13.9. The van der Waals surface area contributed by atoms with Crippen molar-refractivity contribution in [3.8, 4) is 0 Å². The first kappa shape index (κ1) is 25.0. The molecular formula is C18H16F4N10O3P+. The van der Waals surface area contributed by atoms with Gasteiger partial charge >= 0.3 is 20.5 Å². The van der Waals surface area contributed by atoms with Crippen molar-refractivity contribution in [3.05, 3.63) is 49.6 Å². The number of fused-ring (bicyclic) bond motifs is 2. The summed E-state index contributed by atoms with van der Waals surface area (Å²) in [5.41, 5.74) is 12.4. The van der Waals surface area contributed by atoms with Crippen LogP contribution >= 0.6 is 8.25 Å². The van der Waals surface area contributed by atoms with Gasteiger partial charge in [-0.25, -0.2) is 29.9 Å². The smallest absolute Gasteiger partial charge is 0.382 e. The zero-order valence-corrected chi connectivity index (χ0v) is 18.8. The number of nitrogens with zero attached hydrogens (tertiary/aromatic N) is 8. The molecule has 0 unspecified atom stereocenters. The number of halogens is 4. The number of rotatable bonds is 10. The van der Waals surface area contributed by atoms with Gasteiger partial charge in [0.15, 0.2) is 22.9 Å². The minimum atomic E-state index is -4.17. The molecule has 4 heterocycles. The Morgan fingerprint density at radius 3 is 1.61 bits per heavy atom. The van der Waals surface area contributed by atoms with E-state index in [9.17, 15) is 22.1 Å². The average molecular weight is 527 g/mol. The first-order valence-corrected chi connectivity index (χ1v) is 10.9. The predicted molar refractivity (Wildman–Crippen MR) is 117 cm³/mol. The molecule has 0 saturated carbocycles. The molecule has 0 spiro atoms. The lowest BCUT2D eigenvalue weighted by molar-refractivity contribution is -0.168. The lowest BCUT2D eigenvalue weighted by Crippen LogP contribution is -2.18. The standard InChI is InChI=1S/C18H16F4N10O3P/c19-17(20,3-1-5-31-9-29-11-13(23)25-7-27-15(11)31)34-36(33)35-18(21,22)4-2-6-32-10-30-12-14(24)26-8-28-16(12)32/h1-4,7-10H,5-6H2,(H2,23,25,27)(H2,24,26,28)/q+1. The highest BCUT2D eigenvalue weighted by Crippen LogP contribution is 2.40. The van der Waals surface area contributed by atoms with Crippen LogP contribution < -0.4 is 11.5 Å². The van der Waals surface area contributed by atoms with Crippen LogP contribution in [-0.4, -0.2) is 51.3 Å². The summed E-state index contributed by atoms with van der Waals surface area (Å²) < 4.78 is 77.9. The lowest BCUT2D eigenvalue weighted by atomic mass is 10.4. The molecule has 36 heavy (non-hydrogen) atoms. The molecule has 18 heteroatoms. The van der Waals surface area contributed by atoms with Crippen molar-refractivity contribution in [3.63, 3.8) is 0 Å². The van der Waals surface area contributed by atoms with Gasteiger partial charge in [0.2, 0.25) is 0 Å². The van der Waals surface area contributed by atoms with E-state index in [-0.39, 0.29) is 59.2 Å². The summed E-state index contributed by atoms with van der Waals surface area (Å²) in [6.07, 6.45) is -1.07. The second kappa shape index (κ2) is 9.88. The normalized spacial score (nSPS) is 13.5. The van der Waals surface area contributed by atoms with Crippen LogP contribution in [0.5, 0.6) is 0 Å². The van der Waals surface area contributed by atoms with Gasteiger partial charge in [-0.05, 0) is 9.05 Å². The van der Waals surface area contributed by atoms with E-state index < -0.39 is 20.5 Å². The van der Waals surface area contributed by atoms with Crippen LogP contribution in [0.15, 0.2) is 49.6 Å². The Morgan fingerprint density at radius 2 is 1.19 bits per heavy atom. The first-order valence-electron chi connectivity index (χ1n) is 9.84. The van der Waals surface area contributed by atoms with Gasteiger partial charge in [-0.1, -0.05) is 12.2 Å². The number of hydrogen-bond donors (Lipinski definition) is 2. The average Bonchev–Trinajstić information content (AvgIpc) is 3.39. The van der Waals surface area contributed by atoms with E-state index in [0.717, 1.165) is 12.2 Å². The molecule has 0 bridgehead atoms. The third-order valence-corrected chi connectivity index (χ3v) is 5.26. The van der Waals surface area contributed by atoms with Crippen molar-refractivity contribution in [1.29, 1.82) is 0 Å². The molecule has 0 radical (unpaired) electrons. The molecule has 4 aromatic heterocycles. The molecule has 13 nitrogen and oxygen atoms in total. The molecule has 0 fully saturated rings. The first-order chi connectivity index (χ1) is 17.0. The third kappa shape index (κ3) is 5.76. The van der Waals surface area contributed by atoms with E-state index in [1.807, 2.05) is 0 Å². The van der Waals surface area contributed by atoms with Gasteiger partial charge in [0.05, 0.1) is 12.7 Å². The molecule has 0 saturated heterocycles. The highest BCUT2D eigenvalue weighted by atomic mass is 31.1. The van der Waals surface area contributed by atoms with Crippen LogP contribution in [0, 0.1) is 0 Å². The minimum Gasteiger partial charge on any atom is -0.382 e. The van der Waals surface area contributed by atoms with Crippen molar-refractivity contribution in [2.45, 2.75) is 25.3 Å². The number of nitrogen functional groups attached to an aromatic ring is 2. The maximum Gasteiger partial charge on any atom is 0.710 e. The molecule has 4 rings (SSSR count). The highest BCUT2D eigenvalue weighted by molar-refractivity contribution is 7.33. The summed E-state index contributed by atoms with van der Waals surface area (Å²) in [6, 6.07) is 0. The van der Waals surface area contributed by atoms with Crippen LogP contribution in [0.2, 0.25) is 0 Å². The third-order valence-electron chi connectivity index (χ3n) is 4.48. The van der Waals surface area contributed by atoms with E-state index in [0.29, 0.717) is 0 Å². The summed E-state index contributed by atoms with van der Waals surface area (Å²) in [5, 5.41) is 0. The quantitative estimate of drug-likeness (QED) is 0.176. The Hall–Kier alpha value is -4.08. The van der Waals surface area contributed by atoms with Gasteiger partial charge in [0.1, 0.15) is 23.7 Å². The van der Waals surface area contributed by atoms with E-state index in [4.69, 9.17) is 11.5 Å². The molecule has 0 aliphatic carbocycles. The number of anilines is 2. The number of allylic oxidation sites excluding steroid dienone is 2. The van der Waals surface area contributed by atoms with Crippen molar-refractivity contribution in [1.82, 2.24) is 39.0 Å². The van der Waals surface area contributed by atoms with Gasteiger partial charge in [0.25, 0.3) is 0 Å². The summed E-state index contributed by atoms with van der Waals surface area (Å²) >= 11 is 0. The van der Waals surface area contributed by atoms with Gasteiger partial charge in [-0.3, -0.25) is 0 Å². The van der Waals surface area contributed by atoms with Crippen molar-refractivity contribution in [2.24, 2.45) is 0 Å². The Labute approximate surface area is 199 Å². The van der Waals surface area contributed by atoms with Crippen LogP contribution in [0.3, 0.4) is 0 Å². The number of hydrogen-bond acceptors (Lipinski definition) is 11. The van der Waals surface area contributed by atoms with Crippen molar-refractivity contribution in [2.75, 3.05) is 11.5 Å². The molecule has 4 aromatic rings. The number of nitrogens with two attached hydrogens (primary N) is 2. The Kier molecular flexibility index (Phi) is 6.87. The summed E-state index contributed by atoms with van der Waals surface area (Å²) in [6.45, 7) is -0.302. The van der Waals surface area contributed by atoms with Crippen LogP contribution in [-0.2, 0) is 26.7 Å². The Morgan fingerprint density at radius 1 is 0.778 bits per heavy atom. The van der Waals surface area contributed by atoms with Gasteiger partial charge in [-0.2, -0.15) is 17.6 Å². The fourth-order valence-electron chi connectivity index (χ4n) is 2.95.